The molecule has 0 spiro atoms. The predicted molar refractivity (Wildman–Crippen MR) is 125 cm³/mol. The second-order valence-electron chi connectivity index (χ2n) is 7.20. The second kappa shape index (κ2) is 9.04. The van der Waals surface area contributed by atoms with Crippen LogP contribution in [0.15, 0.2) is 69.9 Å². The van der Waals surface area contributed by atoms with Crippen molar-refractivity contribution >= 4 is 34.2 Å². The summed E-state index contributed by atoms with van der Waals surface area (Å²) < 4.78 is 17.7. The molecule has 0 bridgehead atoms. The normalized spacial score (nSPS) is 11.0. The summed E-state index contributed by atoms with van der Waals surface area (Å²) in [6, 6.07) is 18.1. The van der Waals surface area contributed by atoms with Crippen molar-refractivity contribution in [3.63, 3.8) is 0 Å². The van der Waals surface area contributed by atoms with E-state index in [9.17, 15) is 4.79 Å². The first-order valence-electron chi connectivity index (χ1n) is 9.77. The van der Waals surface area contributed by atoms with Crippen LogP contribution in [-0.4, -0.2) is 13.2 Å². The number of rotatable bonds is 6. The quantitative estimate of drug-likeness (QED) is 0.299. The van der Waals surface area contributed by atoms with Crippen LogP contribution in [0.1, 0.15) is 11.1 Å². The fourth-order valence-electron chi connectivity index (χ4n) is 3.16. The van der Waals surface area contributed by atoms with E-state index >= 15 is 0 Å². The van der Waals surface area contributed by atoms with Crippen molar-refractivity contribution in [1.29, 1.82) is 0 Å². The molecule has 0 saturated carbocycles. The van der Waals surface area contributed by atoms with Crippen molar-refractivity contribution in [3.8, 4) is 22.8 Å². The highest BCUT2D eigenvalue weighted by Gasteiger charge is 2.19. The number of benzene rings is 3. The zero-order valence-electron chi connectivity index (χ0n) is 17.1. The van der Waals surface area contributed by atoms with Crippen LogP contribution >= 0.6 is 23.2 Å². The average Bonchev–Trinajstić information content (AvgIpc) is 2.76. The van der Waals surface area contributed by atoms with Gasteiger partial charge in [0, 0.05) is 15.6 Å². The number of fused-ring (bicyclic) bond motifs is 1. The van der Waals surface area contributed by atoms with Crippen LogP contribution in [0.4, 0.5) is 0 Å². The van der Waals surface area contributed by atoms with E-state index in [-0.39, 0.29) is 24.4 Å². The standard InChI is InChI=1S/C25H20Cl2O4/c1-15-3-9-19(10-4-15)29-11-12-30-25-23(28)20-14-21(27)16(2)13-22(20)31-24(25)17-5-7-18(26)8-6-17/h3-10,13-14H,11-12H2,1-2H3. The first kappa shape index (κ1) is 21.3. The molecule has 4 rings (SSSR count). The lowest BCUT2D eigenvalue weighted by molar-refractivity contribution is 0.214. The molecule has 0 unspecified atom stereocenters. The van der Waals surface area contributed by atoms with E-state index in [1.165, 1.54) is 0 Å². The van der Waals surface area contributed by atoms with Crippen LogP contribution in [0.5, 0.6) is 11.5 Å². The second-order valence-corrected chi connectivity index (χ2v) is 8.05. The molecule has 0 aliphatic rings. The first-order chi connectivity index (χ1) is 14.9. The monoisotopic (exact) mass is 454 g/mol. The Bertz CT molecular complexity index is 1280. The van der Waals surface area contributed by atoms with Gasteiger partial charge in [-0.15, -0.1) is 0 Å². The Morgan fingerprint density at radius 1 is 0.871 bits per heavy atom. The summed E-state index contributed by atoms with van der Waals surface area (Å²) in [5.74, 6) is 1.19. The highest BCUT2D eigenvalue weighted by atomic mass is 35.5. The van der Waals surface area contributed by atoms with E-state index in [0.717, 1.165) is 16.9 Å². The molecule has 0 N–H and O–H groups in total. The summed E-state index contributed by atoms with van der Waals surface area (Å²) in [5.41, 5.74) is 2.81. The molecule has 0 aliphatic carbocycles. The molecule has 1 aromatic heterocycles. The van der Waals surface area contributed by atoms with Crippen LogP contribution in [0.3, 0.4) is 0 Å². The Kier molecular flexibility index (Phi) is 6.21. The molecule has 0 radical (unpaired) electrons. The maximum absolute atomic E-state index is 13.2. The predicted octanol–water partition coefficient (Wildman–Crippen LogP) is 6.84. The van der Waals surface area contributed by atoms with Gasteiger partial charge in [0.25, 0.3) is 0 Å². The lowest BCUT2D eigenvalue weighted by Crippen LogP contribution is -2.15. The number of aryl methyl sites for hydroxylation is 2. The summed E-state index contributed by atoms with van der Waals surface area (Å²) in [6.45, 7) is 4.31. The fraction of sp³-hybridized carbons (Fsp3) is 0.160. The SMILES string of the molecule is Cc1ccc(OCCOc2c(-c3ccc(Cl)cc3)oc3cc(C)c(Cl)cc3c2=O)cc1. The van der Waals surface area contributed by atoms with Gasteiger partial charge in [-0.1, -0.05) is 40.9 Å². The molecule has 3 aromatic carbocycles. The van der Waals surface area contributed by atoms with E-state index < -0.39 is 0 Å². The Labute approximate surface area is 189 Å². The van der Waals surface area contributed by atoms with Gasteiger partial charge in [-0.3, -0.25) is 4.79 Å². The fourth-order valence-corrected chi connectivity index (χ4v) is 3.45. The van der Waals surface area contributed by atoms with Gasteiger partial charge in [0.15, 0.2) is 5.76 Å². The first-order valence-corrected chi connectivity index (χ1v) is 10.5. The molecule has 31 heavy (non-hydrogen) atoms. The zero-order valence-corrected chi connectivity index (χ0v) is 18.6. The number of halogens is 2. The van der Waals surface area contributed by atoms with Gasteiger partial charge < -0.3 is 13.9 Å². The third kappa shape index (κ3) is 4.71. The molecule has 0 amide bonds. The number of hydrogen-bond acceptors (Lipinski definition) is 4. The van der Waals surface area contributed by atoms with Gasteiger partial charge >= 0.3 is 0 Å². The molecule has 6 heteroatoms. The smallest absolute Gasteiger partial charge is 0.235 e. The zero-order chi connectivity index (χ0) is 22.0. The van der Waals surface area contributed by atoms with E-state index in [1.54, 1.807) is 36.4 Å². The summed E-state index contributed by atoms with van der Waals surface area (Å²) in [4.78, 5) is 13.2. The number of ether oxygens (including phenoxy) is 2. The molecular formula is C25H20Cl2O4. The molecule has 1 heterocycles. The van der Waals surface area contributed by atoms with Crippen molar-refractivity contribution in [3.05, 3.63) is 92.1 Å². The molecule has 4 aromatic rings. The highest BCUT2D eigenvalue weighted by Crippen LogP contribution is 2.33. The van der Waals surface area contributed by atoms with Gasteiger partial charge in [0.1, 0.15) is 24.5 Å². The Balaban J connectivity index is 1.67. The minimum atomic E-state index is -0.288. The maximum atomic E-state index is 13.2. The van der Waals surface area contributed by atoms with Gasteiger partial charge in [-0.05, 0) is 67.9 Å². The Hall–Kier alpha value is -2.95. The number of hydrogen-bond donors (Lipinski definition) is 0. The largest absolute Gasteiger partial charge is 0.490 e. The third-order valence-electron chi connectivity index (χ3n) is 4.86. The van der Waals surface area contributed by atoms with E-state index in [2.05, 4.69) is 0 Å². The molecule has 0 saturated heterocycles. The maximum Gasteiger partial charge on any atom is 0.235 e. The van der Waals surface area contributed by atoms with E-state index in [4.69, 9.17) is 37.1 Å². The van der Waals surface area contributed by atoms with Gasteiger partial charge in [0.05, 0.1) is 5.39 Å². The Morgan fingerprint density at radius 2 is 1.55 bits per heavy atom. The summed E-state index contributed by atoms with van der Waals surface area (Å²) in [7, 11) is 0. The molecule has 0 fully saturated rings. The summed E-state index contributed by atoms with van der Waals surface area (Å²) in [5, 5.41) is 1.44. The highest BCUT2D eigenvalue weighted by molar-refractivity contribution is 6.32. The van der Waals surface area contributed by atoms with Crippen molar-refractivity contribution in [2.24, 2.45) is 0 Å². The lowest BCUT2D eigenvalue weighted by atomic mass is 10.1. The summed E-state index contributed by atoms with van der Waals surface area (Å²) >= 11 is 12.3. The Morgan fingerprint density at radius 3 is 2.26 bits per heavy atom. The van der Waals surface area contributed by atoms with Gasteiger partial charge in [-0.25, -0.2) is 0 Å². The average molecular weight is 455 g/mol. The summed E-state index contributed by atoms with van der Waals surface area (Å²) in [6.07, 6.45) is 0. The molecule has 4 nitrogen and oxygen atoms in total. The van der Waals surface area contributed by atoms with Gasteiger partial charge in [-0.2, -0.15) is 0 Å². The minimum absolute atomic E-state index is 0.113. The van der Waals surface area contributed by atoms with Crippen molar-refractivity contribution in [1.82, 2.24) is 0 Å². The molecule has 0 aliphatic heterocycles. The van der Waals surface area contributed by atoms with Crippen LogP contribution in [0.25, 0.3) is 22.3 Å². The minimum Gasteiger partial charge on any atom is -0.490 e. The topological polar surface area (TPSA) is 48.7 Å². The van der Waals surface area contributed by atoms with E-state index in [1.807, 2.05) is 38.1 Å². The van der Waals surface area contributed by atoms with Crippen molar-refractivity contribution in [2.75, 3.05) is 13.2 Å². The lowest BCUT2D eigenvalue weighted by Gasteiger charge is -2.13. The molecular weight excluding hydrogens is 435 g/mol. The van der Waals surface area contributed by atoms with Crippen LogP contribution in [-0.2, 0) is 0 Å². The van der Waals surface area contributed by atoms with Crippen molar-refractivity contribution in [2.45, 2.75) is 13.8 Å². The van der Waals surface area contributed by atoms with Gasteiger partial charge in [0.2, 0.25) is 11.2 Å². The van der Waals surface area contributed by atoms with Crippen LogP contribution in [0.2, 0.25) is 10.0 Å². The van der Waals surface area contributed by atoms with Crippen LogP contribution in [0, 0.1) is 13.8 Å². The molecule has 158 valence electrons. The third-order valence-corrected chi connectivity index (χ3v) is 5.51. The molecule has 0 atom stereocenters. The van der Waals surface area contributed by atoms with Crippen LogP contribution < -0.4 is 14.9 Å². The van der Waals surface area contributed by atoms with Crippen molar-refractivity contribution < 1.29 is 13.9 Å². The van der Waals surface area contributed by atoms with E-state index in [0.29, 0.717) is 32.3 Å².